The van der Waals surface area contributed by atoms with E-state index in [1.165, 1.54) is 0 Å². The molecule has 0 aromatic rings. The number of carbonyl (C=O) groups excluding carboxylic acids is 1. The van der Waals surface area contributed by atoms with Crippen LogP contribution in [0.25, 0.3) is 0 Å². The van der Waals surface area contributed by atoms with Crippen molar-refractivity contribution < 1.29 is 14.0 Å². The van der Waals surface area contributed by atoms with Crippen LogP contribution in [0, 0.1) is 0 Å². The smallest absolute Gasteiger partial charge is 0.334 e. The Labute approximate surface area is 93.3 Å². The predicted octanol–water partition coefficient (Wildman–Crippen LogP) is 2.71. The molecule has 15 heavy (non-hydrogen) atoms. The fourth-order valence-electron chi connectivity index (χ4n) is 1.29. The molecule has 1 aliphatic rings. The summed E-state index contributed by atoms with van der Waals surface area (Å²) in [6, 6.07) is 0. The number of rotatable bonds is 2. The van der Waals surface area contributed by atoms with Crippen LogP contribution in [-0.4, -0.2) is 27.0 Å². The predicted molar refractivity (Wildman–Crippen MR) is 62.3 cm³/mol. The van der Waals surface area contributed by atoms with E-state index >= 15 is 0 Å². The summed E-state index contributed by atoms with van der Waals surface area (Å²) in [4.78, 5) is 11.5. The van der Waals surface area contributed by atoms with Gasteiger partial charge in [-0.15, -0.1) is 0 Å². The molecule has 0 amide bonds. The van der Waals surface area contributed by atoms with Crippen molar-refractivity contribution in [2.24, 2.45) is 0 Å². The van der Waals surface area contributed by atoms with Gasteiger partial charge in [0, 0.05) is 0 Å². The molecule has 0 aromatic carbocycles. The van der Waals surface area contributed by atoms with Crippen molar-refractivity contribution in [2.45, 2.75) is 57.8 Å². The van der Waals surface area contributed by atoms with Crippen molar-refractivity contribution in [1.82, 2.24) is 0 Å². The summed E-state index contributed by atoms with van der Waals surface area (Å²) < 4.78 is 11.0. The molecule has 0 aromatic heterocycles. The number of carbonyl (C=O) groups is 1. The van der Waals surface area contributed by atoms with Crippen molar-refractivity contribution in [1.29, 1.82) is 0 Å². The second-order valence-corrected chi connectivity index (χ2v) is 10.4. The minimum absolute atomic E-state index is 0.144. The normalized spacial score (nSPS) is 23.8. The Kier molecular flexibility index (Phi) is 3.61. The average Bonchev–Trinajstić information content (AvgIpc) is 2.06. The van der Waals surface area contributed by atoms with Gasteiger partial charge in [0.2, 0.25) is 0 Å². The lowest BCUT2D eigenvalue weighted by Gasteiger charge is -2.39. The molecule has 0 saturated carbocycles. The van der Waals surface area contributed by atoms with Gasteiger partial charge in [0.05, 0.1) is 6.61 Å². The van der Waals surface area contributed by atoms with Gasteiger partial charge in [0.15, 0.2) is 8.32 Å². The topological polar surface area (TPSA) is 35.5 Å². The lowest BCUT2D eigenvalue weighted by molar-refractivity contribution is -0.157. The average molecular weight is 230 g/mol. The minimum atomic E-state index is -1.83. The third-order valence-corrected chi connectivity index (χ3v) is 7.85. The van der Waals surface area contributed by atoms with E-state index < -0.39 is 8.32 Å². The molecular weight excluding hydrogens is 208 g/mol. The van der Waals surface area contributed by atoms with Crippen LogP contribution >= 0.6 is 0 Å². The van der Waals surface area contributed by atoms with Crippen LogP contribution in [-0.2, 0) is 14.0 Å². The first-order valence-electron chi connectivity index (χ1n) is 5.58. The molecule has 0 aliphatic carbocycles. The van der Waals surface area contributed by atoms with Crippen LogP contribution in [0.3, 0.4) is 0 Å². The highest BCUT2D eigenvalue weighted by atomic mass is 28.4. The van der Waals surface area contributed by atoms with E-state index in [4.69, 9.17) is 9.16 Å². The Morgan fingerprint density at radius 3 is 2.47 bits per heavy atom. The van der Waals surface area contributed by atoms with Gasteiger partial charge >= 0.3 is 5.97 Å². The Balaban J connectivity index is 2.63. The number of hydrogen-bond acceptors (Lipinski definition) is 3. The Hall–Kier alpha value is -0.353. The molecule has 4 heteroatoms. The molecule has 1 aliphatic heterocycles. The van der Waals surface area contributed by atoms with Crippen molar-refractivity contribution >= 4 is 14.3 Å². The molecule has 1 unspecified atom stereocenters. The molecule has 1 fully saturated rings. The van der Waals surface area contributed by atoms with E-state index in [-0.39, 0.29) is 17.1 Å². The first kappa shape index (κ1) is 12.7. The second-order valence-electron chi connectivity index (χ2n) is 5.68. The third-order valence-electron chi connectivity index (χ3n) is 3.36. The van der Waals surface area contributed by atoms with Crippen LogP contribution in [0.4, 0.5) is 0 Å². The maximum atomic E-state index is 11.5. The fourth-order valence-corrected chi connectivity index (χ4v) is 2.57. The highest BCUT2D eigenvalue weighted by Crippen LogP contribution is 2.38. The van der Waals surface area contributed by atoms with Gasteiger partial charge in [-0.05, 0) is 31.0 Å². The molecule has 1 saturated heterocycles. The molecule has 0 radical (unpaired) electrons. The molecular formula is C11H22O3Si. The summed E-state index contributed by atoms with van der Waals surface area (Å²) in [7, 11) is -1.83. The lowest BCUT2D eigenvalue weighted by Crippen LogP contribution is -2.47. The largest absolute Gasteiger partial charge is 0.464 e. The standard InChI is InChI=1S/C11H22O3Si/c1-11(2,3)15(4,5)14-9-7-6-8-13-10(9)12/h9H,6-8H2,1-5H3. The van der Waals surface area contributed by atoms with Gasteiger partial charge in [0.1, 0.15) is 6.10 Å². The van der Waals surface area contributed by atoms with Gasteiger partial charge in [-0.1, -0.05) is 20.8 Å². The molecule has 88 valence electrons. The van der Waals surface area contributed by atoms with E-state index in [1.54, 1.807) is 0 Å². The molecule has 0 N–H and O–H groups in total. The lowest BCUT2D eigenvalue weighted by atomic mass is 10.2. The summed E-state index contributed by atoms with van der Waals surface area (Å²) in [5.41, 5.74) is 0. The number of ether oxygens (including phenoxy) is 1. The van der Waals surface area contributed by atoms with Crippen LogP contribution < -0.4 is 0 Å². The first-order chi connectivity index (χ1) is 6.74. The van der Waals surface area contributed by atoms with Crippen molar-refractivity contribution in [3.63, 3.8) is 0 Å². The van der Waals surface area contributed by atoms with Crippen LogP contribution in [0.15, 0.2) is 0 Å². The van der Waals surface area contributed by atoms with Crippen molar-refractivity contribution in [3.05, 3.63) is 0 Å². The van der Waals surface area contributed by atoms with E-state index in [2.05, 4.69) is 33.9 Å². The summed E-state index contributed by atoms with van der Waals surface area (Å²) in [6.45, 7) is 11.4. The van der Waals surface area contributed by atoms with Crippen LogP contribution in [0.1, 0.15) is 33.6 Å². The quantitative estimate of drug-likeness (QED) is 0.540. The summed E-state index contributed by atoms with van der Waals surface area (Å²) in [5, 5.41) is 0.144. The van der Waals surface area contributed by atoms with E-state index in [0.29, 0.717) is 6.61 Å². The Bertz CT molecular complexity index is 243. The number of cyclic esters (lactones) is 1. The Morgan fingerprint density at radius 1 is 1.40 bits per heavy atom. The van der Waals surface area contributed by atoms with E-state index in [9.17, 15) is 4.79 Å². The zero-order valence-corrected chi connectivity index (χ0v) is 11.4. The summed E-state index contributed by atoms with van der Waals surface area (Å²) in [5.74, 6) is -0.175. The van der Waals surface area contributed by atoms with Gasteiger partial charge < -0.3 is 9.16 Å². The maximum absolute atomic E-state index is 11.5. The van der Waals surface area contributed by atoms with Gasteiger partial charge in [-0.2, -0.15) is 0 Å². The van der Waals surface area contributed by atoms with Gasteiger partial charge in [-0.25, -0.2) is 4.79 Å². The van der Waals surface area contributed by atoms with E-state index in [1.807, 2.05) is 0 Å². The highest BCUT2D eigenvalue weighted by molar-refractivity contribution is 6.74. The zero-order valence-electron chi connectivity index (χ0n) is 10.4. The van der Waals surface area contributed by atoms with Crippen molar-refractivity contribution in [2.75, 3.05) is 6.61 Å². The van der Waals surface area contributed by atoms with E-state index in [0.717, 1.165) is 12.8 Å². The Morgan fingerprint density at radius 2 is 2.00 bits per heavy atom. The number of hydrogen-bond donors (Lipinski definition) is 0. The molecule has 1 atom stereocenters. The highest BCUT2D eigenvalue weighted by Gasteiger charge is 2.41. The molecule has 1 heterocycles. The summed E-state index contributed by atoms with van der Waals surface area (Å²) >= 11 is 0. The van der Waals surface area contributed by atoms with Gasteiger partial charge in [-0.3, -0.25) is 0 Å². The second kappa shape index (κ2) is 4.26. The van der Waals surface area contributed by atoms with Crippen LogP contribution in [0.2, 0.25) is 18.1 Å². The van der Waals surface area contributed by atoms with Crippen LogP contribution in [0.5, 0.6) is 0 Å². The molecule has 1 rings (SSSR count). The first-order valence-corrected chi connectivity index (χ1v) is 8.49. The number of esters is 1. The fraction of sp³-hybridized carbons (Fsp3) is 0.909. The SMILES string of the molecule is CC(C)(C)[Si](C)(C)OC1CCCOC1=O. The summed E-state index contributed by atoms with van der Waals surface area (Å²) in [6.07, 6.45) is 1.41. The maximum Gasteiger partial charge on any atom is 0.334 e. The monoisotopic (exact) mass is 230 g/mol. The minimum Gasteiger partial charge on any atom is -0.464 e. The molecule has 3 nitrogen and oxygen atoms in total. The zero-order chi connectivity index (χ0) is 11.7. The van der Waals surface area contributed by atoms with Crippen molar-refractivity contribution in [3.8, 4) is 0 Å². The molecule has 0 bridgehead atoms. The van der Waals surface area contributed by atoms with Gasteiger partial charge in [0.25, 0.3) is 0 Å². The molecule has 0 spiro atoms. The third kappa shape index (κ3) is 3.05.